The molecule has 0 saturated carbocycles. The van der Waals surface area contributed by atoms with Gasteiger partial charge in [-0.2, -0.15) is 8.78 Å². The molecule has 4 nitrogen and oxygen atoms in total. The first kappa shape index (κ1) is 16.5. The average Bonchev–Trinajstić information content (AvgIpc) is 2.81. The zero-order chi connectivity index (χ0) is 16.8. The maximum atomic E-state index is 12.1. The van der Waals surface area contributed by atoms with Gasteiger partial charge in [-0.3, -0.25) is 0 Å². The fourth-order valence-electron chi connectivity index (χ4n) is 2.46. The van der Waals surface area contributed by atoms with Gasteiger partial charge in [0, 0.05) is 19.5 Å². The van der Waals surface area contributed by atoms with Crippen LogP contribution in [0.25, 0.3) is 0 Å². The van der Waals surface area contributed by atoms with E-state index in [0.29, 0.717) is 26.3 Å². The highest BCUT2D eigenvalue weighted by molar-refractivity contribution is 5.43. The predicted molar refractivity (Wildman–Crippen MR) is 85.7 cm³/mol. The van der Waals surface area contributed by atoms with Gasteiger partial charge in [-0.25, -0.2) is 0 Å². The Kier molecular flexibility index (Phi) is 5.48. The maximum absolute atomic E-state index is 12.1. The van der Waals surface area contributed by atoms with E-state index in [1.54, 1.807) is 12.1 Å². The lowest BCUT2D eigenvalue weighted by molar-refractivity contribution is -0.0498. The van der Waals surface area contributed by atoms with E-state index >= 15 is 0 Å². The number of alkyl halides is 2. The van der Waals surface area contributed by atoms with Crippen LogP contribution in [0.5, 0.6) is 17.2 Å². The summed E-state index contributed by atoms with van der Waals surface area (Å²) < 4.78 is 39.8. The van der Waals surface area contributed by atoms with E-state index in [0.717, 1.165) is 29.0 Å². The van der Waals surface area contributed by atoms with Gasteiger partial charge in [0.25, 0.3) is 0 Å². The van der Waals surface area contributed by atoms with Crippen LogP contribution < -0.4 is 19.5 Å². The number of nitrogens with one attached hydrogen (secondary N) is 1. The molecule has 1 heterocycles. The summed E-state index contributed by atoms with van der Waals surface area (Å²) in [6, 6.07) is 12.5. The van der Waals surface area contributed by atoms with Crippen molar-refractivity contribution in [1.82, 2.24) is 5.32 Å². The lowest BCUT2D eigenvalue weighted by atomic mass is 10.2. The van der Waals surface area contributed by atoms with Gasteiger partial charge in [0.2, 0.25) is 0 Å². The van der Waals surface area contributed by atoms with Gasteiger partial charge in [-0.05, 0) is 35.4 Å². The standard InChI is InChI=1S/C18H19F2NO3/c19-18(20)24-15-5-2-13(3-6-15)11-21-12-14-4-7-16-17(10-14)23-9-1-8-22-16/h2-7,10,18,21H,1,8-9,11-12H2. The number of fused-ring (bicyclic) bond motifs is 1. The third-order valence-electron chi connectivity index (χ3n) is 3.62. The summed E-state index contributed by atoms with van der Waals surface area (Å²) in [5, 5.41) is 3.32. The van der Waals surface area contributed by atoms with Crippen LogP contribution in [0, 0.1) is 0 Å². The van der Waals surface area contributed by atoms with Crippen molar-refractivity contribution in [3.63, 3.8) is 0 Å². The minimum absolute atomic E-state index is 0.164. The van der Waals surface area contributed by atoms with Crippen molar-refractivity contribution < 1.29 is 23.0 Å². The number of rotatable bonds is 6. The molecular formula is C18H19F2NO3. The van der Waals surface area contributed by atoms with Crippen LogP contribution in [-0.4, -0.2) is 19.8 Å². The second kappa shape index (κ2) is 7.97. The molecule has 1 N–H and O–H groups in total. The van der Waals surface area contributed by atoms with Crippen LogP contribution in [0.1, 0.15) is 17.5 Å². The van der Waals surface area contributed by atoms with E-state index in [-0.39, 0.29) is 5.75 Å². The number of halogens is 2. The van der Waals surface area contributed by atoms with Crippen molar-refractivity contribution >= 4 is 0 Å². The van der Waals surface area contributed by atoms with Crippen LogP contribution in [0.15, 0.2) is 42.5 Å². The van der Waals surface area contributed by atoms with Crippen LogP contribution >= 0.6 is 0 Å². The van der Waals surface area contributed by atoms with Crippen LogP contribution in [0.4, 0.5) is 8.78 Å². The molecular weight excluding hydrogens is 316 g/mol. The van der Waals surface area contributed by atoms with Crippen LogP contribution in [0.3, 0.4) is 0 Å². The van der Waals surface area contributed by atoms with Crippen molar-refractivity contribution in [3.05, 3.63) is 53.6 Å². The normalized spacial score (nSPS) is 13.6. The Balaban J connectivity index is 1.52. The molecule has 0 fully saturated rings. The fraction of sp³-hybridized carbons (Fsp3) is 0.333. The Morgan fingerprint density at radius 2 is 1.58 bits per heavy atom. The SMILES string of the molecule is FC(F)Oc1ccc(CNCc2ccc3c(c2)OCCCO3)cc1. The zero-order valence-corrected chi connectivity index (χ0v) is 13.1. The van der Waals surface area contributed by atoms with Crippen molar-refractivity contribution in [3.8, 4) is 17.2 Å². The molecule has 0 atom stereocenters. The highest BCUT2D eigenvalue weighted by Gasteiger charge is 2.10. The first-order chi connectivity index (χ1) is 11.7. The first-order valence-corrected chi connectivity index (χ1v) is 7.84. The van der Waals surface area contributed by atoms with E-state index in [9.17, 15) is 8.78 Å². The molecule has 2 aromatic rings. The van der Waals surface area contributed by atoms with Crippen molar-refractivity contribution in [2.24, 2.45) is 0 Å². The molecule has 0 aliphatic carbocycles. The Morgan fingerprint density at radius 3 is 2.33 bits per heavy atom. The third-order valence-corrected chi connectivity index (χ3v) is 3.62. The van der Waals surface area contributed by atoms with E-state index in [2.05, 4.69) is 10.1 Å². The molecule has 0 unspecified atom stereocenters. The Morgan fingerprint density at radius 1 is 0.917 bits per heavy atom. The molecule has 24 heavy (non-hydrogen) atoms. The molecule has 6 heteroatoms. The molecule has 2 aromatic carbocycles. The first-order valence-electron chi connectivity index (χ1n) is 7.84. The quantitative estimate of drug-likeness (QED) is 0.873. The third kappa shape index (κ3) is 4.58. The monoisotopic (exact) mass is 335 g/mol. The lowest BCUT2D eigenvalue weighted by Crippen LogP contribution is -2.12. The number of hydrogen-bond donors (Lipinski definition) is 1. The summed E-state index contributed by atoms with van der Waals surface area (Å²) in [4.78, 5) is 0. The topological polar surface area (TPSA) is 39.7 Å². The summed E-state index contributed by atoms with van der Waals surface area (Å²) in [6.45, 7) is -0.157. The van der Waals surface area contributed by atoms with Gasteiger partial charge in [0.05, 0.1) is 13.2 Å². The van der Waals surface area contributed by atoms with Gasteiger partial charge in [0.1, 0.15) is 5.75 Å². The molecule has 1 aliphatic heterocycles. The van der Waals surface area contributed by atoms with E-state index < -0.39 is 6.61 Å². The fourth-order valence-corrected chi connectivity index (χ4v) is 2.46. The molecule has 0 amide bonds. The second-order valence-electron chi connectivity index (χ2n) is 5.46. The number of benzene rings is 2. The Labute approximate surface area is 139 Å². The van der Waals surface area contributed by atoms with Crippen molar-refractivity contribution in [2.45, 2.75) is 26.1 Å². The summed E-state index contributed by atoms with van der Waals surface area (Å²) in [5.74, 6) is 1.72. The Hall–Kier alpha value is -2.34. The van der Waals surface area contributed by atoms with E-state index in [1.165, 1.54) is 12.1 Å². The predicted octanol–water partition coefficient (Wildman–Crippen LogP) is 3.74. The molecule has 3 rings (SSSR count). The maximum Gasteiger partial charge on any atom is 0.387 e. The zero-order valence-electron chi connectivity index (χ0n) is 13.1. The second-order valence-corrected chi connectivity index (χ2v) is 5.46. The summed E-state index contributed by atoms with van der Waals surface area (Å²) in [5.41, 5.74) is 2.09. The lowest BCUT2D eigenvalue weighted by Gasteiger charge is -2.10. The minimum atomic E-state index is -2.80. The van der Waals surface area contributed by atoms with Crippen molar-refractivity contribution in [1.29, 1.82) is 0 Å². The number of ether oxygens (including phenoxy) is 3. The van der Waals surface area contributed by atoms with Gasteiger partial charge in [-0.15, -0.1) is 0 Å². The van der Waals surface area contributed by atoms with Crippen molar-refractivity contribution in [2.75, 3.05) is 13.2 Å². The van der Waals surface area contributed by atoms with Crippen LogP contribution in [0.2, 0.25) is 0 Å². The summed E-state index contributed by atoms with van der Waals surface area (Å²) >= 11 is 0. The molecule has 0 bridgehead atoms. The minimum Gasteiger partial charge on any atom is -0.490 e. The largest absolute Gasteiger partial charge is 0.490 e. The highest BCUT2D eigenvalue weighted by Crippen LogP contribution is 2.30. The molecule has 0 radical (unpaired) electrons. The smallest absolute Gasteiger partial charge is 0.387 e. The number of hydrogen-bond acceptors (Lipinski definition) is 4. The van der Waals surface area contributed by atoms with Gasteiger partial charge < -0.3 is 19.5 Å². The van der Waals surface area contributed by atoms with E-state index in [1.807, 2.05) is 18.2 Å². The highest BCUT2D eigenvalue weighted by atomic mass is 19.3. The van der Waals surface area contributed by atoms with Gasteiger partial charge in [0.15, 0.2) is 11.5 Å². The molecule has 0 aromatic heterocycles. The molecule has 0 spiro atoms. The molecule has 0 saturated heterocycles. The van der Waals surface area contributed by atoms with Gasteiger partial charge in [-0.1, -0.05) is 18.2 Å². The van der Waals surface area contributed by atoms with Crippen LogP contribution in [-0.2, 0) is 13.1 Å². The summed E-state index contributed by atoms with van der Waals surface area (Å²) in [6.07, 6.45) is 0.882. The average molecular weight is 335 g/mol. The molecule has 128 valence electrons. The summed E-state index contributed by atoms with van der Waals surface area (Å²) in [7, 11) is 0. The van der Waals surface area contributed by atoms with Gasteiger partial charge >= 0.3 is 6.61 Å². The van der Waals surface area contributed by atoms with E-state index in [4.69, 9.17) is 9.47 Å². The Bertz CT molecular complexity index is 662. The molecule has 1 aliphatic rings.